The Morgan fingerprint density at radius 2 is 1.47 bits per heavy atom. The van der Waals surface area contributed by atoms with Crippen molar-refractivity contribution in [2.24, 2.45) is 0 Å². The normalized spacial score (nSPS) is 14.6. The highest BCUT2D eigenvalue weighted by atomic mass is 16.3. The highest BCUT2D eigenvalue weighted by Crippen LogP contribution is 2.14. The van der Waals surface area contributed by atoms with E-state index in [2.05, 4.69) is 32.0 Å². The van der Waals surface area contributed by atoms with E-state index >= 15 is 0 Å². The number of hydrogen-bond donors (Lipinski definition) is 2. The summed E-state index contributed by atoms with van der Waals surface area (Å²) in [6, 6.07) is 6.43. The first-order valence-electron chi connectivity index (χ1n) is 6.46. The molecule has 17 heavy (non-hydrogen) atoms. The predicted molar refractivity (Wildman–Crippen MR) is 71.2 cm³/mol. The Balaban J connectivity index is 2.49. The van der Waals surface area contributed by atoms with Gasteiger partial charge in [-0.1, -0.05) is 42.7 Å². The summed E-state index contributed by atoms with van der Waals surface area (Å²) in [5, 5.41) is 19.5. The molecule has 0 aromatic heterocycles. The molecule has 2 unspecified atom stereocenters. The van der Waals surface area contributed by atoms with E-state index in [1.807, 2.05) is 6.92 Å². The minimum atomic E-state index is -0.601. The van der Waals surface area contributed by atoms with E-state index in [1.54, 1.807) is 0 Å². The van der Waals surface area contributed by atoms with Crippen molar-refractivity contribution < 1.29 is 10.2 Å². The van der Waals surface area contributed by atoms with Gasteiger partial charge in [-0.15, -0.1) is 0 Å². The number of hydrogen-bond acceptors (Lipinski definition) is 2. The van der Waals surface area contributed by atoms with Gasteiger partial charge in [-0.3, -0.25) is 0 Å². The third kappa shape index (κ3) is 4.88. The van der Waals surface area contributed by atoms with Gasteiger partial charge in [0.1, 0.15) is 0 Å². The molecule has 2 heteroatoms. The fraction of sp³-hybridized carbons (Fsp3) is 0.600. The summed E-state index contributed by atoms with van der Waals surface area (Å²) in [6.45, 7) is 6.18. The first-order valence-corrected chi connectivity index (χ1v) is 6.46. The first kappa shape index (κ1) is 14.2. The molecule has 0 amide bonds. The zero-order valence-electron chi connectivity index (χ0n) is 11.1. The third-order valence-electron chi connectivity index (χ3n) is 3.04. The van der Waals surface area contributed by atoms with Gasteiger partial charge in [-0.2, -0.15) is 0 Å². The van der Waals surface area contributed by atoms with Crippen molar-refractivity contribution >= 4 is 0 Å². The minimum absolute atomic E-state index is 0.578. The predicted octanol–water partition coefficient (Wildman–Crippen LogP) is 2.76. The molecule has 0 aliphatic rings. The highest BCUT2D eigenvalue weighted by Gasteiger charge is 2.14. The van der Waals surface area contributed by atoms with E-state index in [9.17, 15) is 10.2 Å². The van der Waals surface area contributed by atoms with E-state index in [0.717, 1.165) is 12.8 Å². The second-order valence-corrected chi connectivity index (χ2v) is 4.96. The second kappa shape index (κ2) is 6.77. The molecule has 2 nitrogen and oxygen atoms in total. The lowest BCUT2D eigenvalue weighted by Crippen LogP contribution is -2.26. The summed E-state index contributed by atoms with van der Waals surface area (Å²) in [5.74, 6) is 0. The van der Waals surface area contributed by atoms with E-state index in [1.165, 1.54) is 16.7 Å². The number of rotatable bonds is 6. The van der Waals surface area contributed by atoms with Gasteiger partial charge in [-0.05, 0) is 38.7 Å². The average Bonchev–Trinajstić information content (AvgIpc) is 2.25. The third-order valence-corrected chi connectivity index (χ3v) is 3.04. The van der Waals surface area contributed by atoms with Crippen LogP contribution in [-0.2, 0) is 6.42 Å². The molecule has 2 atom stereocenters. The average molecular weight is 236 g/mol. The van der Waals surface area contributed by atoms with Crippen molar-refractivity contribution in [3.8, 4) is 0 Å². The van der Waals surface area contributed by atoms with Crippen molar-refractivity contribution in [1.29, 1.82) is 0 Å². The van der Waals surface area contributed by atoms with Gasteiger partial charge < -0.3 is 10.2 Å². The summed E-state index contributed by atoms with van der Waals surface area (Å²) in [7, 11) is 0. The van der Waals surface area contributed by atoms with E-state index < -0.39 is 12.2 Å². The first-order chi connectivity index (χ1) is 8.02. The molecule has 0 radical (unpaired) electrons. The molecule has 1 rings (SSSR count). The maximum Gasteiger partial charge on any atom is 0.0802 e. The Morgan fingerprint density at radius 3 is 2.00 bits per heavy atom. The Bertz CT molecular complexity index is 327. The molecular weight excluding hydrogens is 212 g/mol. The summed E-state index contributed by atoms with van der Waals surface area (Å²) in [6.07, 6.45) is 1.85. The van der Waals surface area contributed by atoms with Gasteiger partial charge in [0.2, 0.25) is 0 Å². The Hall–Kier alpha value is -0.860. The lowest BCUT2D eigenvalue weighted by atomic mass is 9.99. The van der Waals surface area contributed by atoms with Crippen molar-refractivity contribution in [1.82, 2.24) is 0 Å². The molecule has 0 aliphatic heterocycles. The van der Waals surface area contributed by atoms with Crippen LogP contribution in [0.25, 0.3) is 0 Å². The van der Waals surface area contributed by atoms with Crippen LogP contribution in [0.15, 0.2) is 18.2 Å². The molecule has 0 spiro atoms. The highest BCUT2D eigenvalue weighted by molar-refractivity contribution is 5.28. The molecule has 1 aromatic carbocycles. The van der Waals surface area contributed by atoms with Crippen molar-refractivity contribution in [3.05, 3.63) is 34.9 Å². The number of aryl methyl sites for hydroxylation is 3. The molecule has 0 aliphatic carbocycles. The van der Waals surface area contributed by atoms with Crippen LogP contribution in [0.3, 0.4) is 0 Å². The maximum absolute atomic E-state index is 9.80. The van der Waals surface area contributed by atoms with Gasteiger partial charge in [0.25, 0.3) is 0 Å². The smallest absolute Gasteiger partial charge is 0.0802 e. The largest absolute Gasteiger partial charge is 0.390 e. The lowest BCUT2D eigenvalue weighted by Gasteiger charge is -2.17. The minimum Gasteiger partial charge on any atom is -0.390 e. The topological polar surface area (TPSA) is 40.5 Å². The molecule has 0 saturated carbocycles. The Morgan fingerprint density at radius 1 is 0.941 bits per heavy atom. The van der Waals surface area contributed by atoms with Gasteiger partial charge in [0, 0.05) is 0 Å². The quantitative estimate of drug-likeness (QED) is 0.797. The molecule has 96 valence electrons. The van der Waals surface area contributed by atoms with Gasteiger partial charge in [0.15, 0.2) is 0 Å². The molecule has 0 heterocycles. The molecule has 0 bridgehead atoms. The van der Waals surface area contributed by atoms with Gasteiger partial charge >= 0.3 is 0 Å². The zero-order valence-corrected chi connectivity index (χ0v) is 11.1. The molecule has 0 saturated heterocycles. The summed E-state index contributed by atoms with van der Waals surface area (Å²) >= 11 is 0. The van der Waals surface area contributed by atoms with Gasteiger partial charge in [-0.25, -0.2) is 0 Å². The monoisotopic (exact) mass is 236 g/mol. The van der Waals surface area contributed by atoms with Crippen LogP contribution in [0.4, 0.5) is 0 Å². The van der Waals surface area contributed by atoms with E-state index in [0.29, 0.717) is 12.8 Å². The SMILES string of the molecule is CCCC(O)C(O)CCc1cc(C)cc(C)c1. The molecule has 2 N–H and O–H groups in total. The van der Waals surface area contributed by atoms with Crippen LogP contribution in [-0.4, -0.2) is 22.4 Å². The Labute approximate surface area is 104 Å². The summed E-state index contributed by atoms with van der Waals surface area (Å²) in [5.41, 5.74) is 3.75. The lowest BCUT2D eigenvalue weighted by molar-refractivity contribution is 0.00980. The van der Waals surface area contributed by atoms with Crippen LogP contribution in [0, 0.1) is 13.8 Å². The second-order valence-electron chi connectivity index (χ2n) is 4.96. The Kier molecular flexibility index (Phi) is 5.66. The van der Waals surface area contributed by atoms with E-state index in [-0.39, 0.29) is 0 Å². The summed E-state index contributed by atoms with van der Waals surface area (Å²) < 4.78 is 0. The van der Waals surface area contributed by atoms with Crippen molar-refractivity contribution in [3.63, 3.8) is 0 Å². The maximum atomic E-state index is 9.80. The van der Waals surface area contributed by atoms with Crippen LogP contribution < -0.4 is 0 Å². The number of benzene rings is 1. The number of aliphatic hydroxyl groups is 2. The van der Waals surface area contributed by atoms with Crippen molar-refractivity contribution in [2.75, 3.05) is 0 Å². The van der Waals surface area contributed by atoms with Crippen LogP contribution in [0.5, 0.6) is 0 Å². The van der Waals surface area contributed by atoms with Crippen LogP contribution in [0.2, 0.25) is 0 Å². The molecule has 0 fully saturated rings. The standard InChI is InChI=1S/C15H24O2/c1-4-5-14(16)15(17)7-6-13-9-11(2)8-12(3)10-13/h8-10,14-17H,4-7H2,1-3H3. The van der Waals surface area contributed by atoms with Crippen molar-refractivity contribution in [2.45, 2.75) is 58.7 Å². The van der Waals surface area contributed by atoms with E-state index in [4.69, 9.17) is 0 Å². The zero-order chi connectivity index (χ0) is 12.8. The summed E-state index contributed by atoms with van der Waals surface area (Å²) in [4.78, 5) is 0. The number of aliphatic hydroxyl groups excluding tert-OH is 2. The fourth-order valence-electron chi connectivity index (χ4n) is 2.21. The fourth-order valence-corrected chi connectivity index (χ4v) is 2.21. The molecular formula is C15H24O2. The van der Waals surface area contributed by atoms with Crippen LogP contribution >= 0.6 is 0 Å². The molecule has 1 aromatic rings. The van der Waals surface area contributed by atoms with Gasteiger partial charge in [0.05, 0.1) is 12.2 Å². The van der Waals surface area contributed by atoms with Crippen LogP contribution in [0.1, 0.15) is 42.9 Å².